The third-order valence-corrected chi connectivity index (χ3v) is 4.37. The molecule has 2 aromatic rings. The van der Waals surface area contributed by atoms with Crippen molar-refractivity contribution in [2.75, 3.05) is 33.3 Å². The van der Waals surface area contributed by atoms with Crippen LogP contribution in [-0.2, 0) is 9.53 Å². The van der Waals surface area contributed by atoms with Crippen LogP contribution in [0.15, 0.2) is 34.8 Å². The predicted octanol–water partition coefficient (Wildman–Crippen LogP) is 3.92. The van der Waals surface area contributed by atoms with Crippen molar-refractivity contribution in [3.8, 4) is 17.2 Å². The molecule has 0 unspecified atom stereocenters. The first-order valence-electron chi connectivity index (χ1n) is 7.61. The lowest BCUT2D eigenvalue weighted by Crippen LogP contribution is -2.20. The third-order valence-electron chi connectivity index (χ3n) is 3.46. The zero-order valence-corrected chi connectivity index (χ0v) is 17.1. The van der Waals surface area contributed by atoms with Gasteiger partial charge < -0.3 is 24.3 Å². The van der Waals surface area contributed by atoms with Crippen molar-refractivity contribution in [3.63, 3.8) is 0 Å². The van der Waals surface area contributed by atoms with Gasteiger partial charge in [0.15, 0.2) is 6.61 Å². The van der Waals surface area contributed by atoms with E-state index < -0.39 is 11.9 Å². The van der Waals surface area contributed by atoms with Gasteiger partial charge in [-0.1, -0.05) is 11.6 Å². The molecule has 0 atom stereocenters. The van der Waals surface area contributed by atoms with Gasteiger partial charge in [0.05, 0.1) is 42.1 Å². The summed E-state index contributed by atoms with van der Waals surface area (Å²) in [5, 5.41) is 3.03. The number of benzene rings is 2. The van der Waals surface area contributed by atoms with Crippen LogP contribution in [0.4, 0.5) is 5.69 Å². The zero-order chi connectivity index (χ0) is 20.0. The maximum absolute atomic E-state index is 12.2. The van der Waals surface area contributed by atoms with E-state index in [9.17, 15) is 9.59 Å². The average molecular weight is 459 g/mol. The lowest BCUT2D eigenvalue weighted by Gasteiger charge is -2.14. The highest BCUT2D eigenvalue weighted by Crippen LogP contribution is 2.35. The molecule has 0 aromatic heterocycles. The van der Waals surface area contributed by atoms with E-state index in [0.29, 0.717) is 38.0 Å². The van der Waals surface area contributed by atoms with Crippen LogP contribution < -0.4 is 19.5 Å². The van der Waals surface area contributed by atoms with Crippen LogP contribution in [-0.4, -0.2) is 39.8 Å². The average Bonchev–Trinajstić information content (AvgIpc) is 2.67. The van der Waals surface area contributed by atoms with Gasteiger partial charge in [0, 0.05) is 12.1 Å². The predicted molar refractivity (Wildman–Crippen MR) is 104 cm³/mol. The van der Waals surface area contributed by atoms with Gasteiger partial charge in [-0.2, -0.15) is 0 Å². The molecule has 2 aromatic carbocycles. The number of halogens is 2. The fourth-order valence-corrected chi connectivity index (χ4v) is 2.87. The van der Waals surface area contributed by atoms with Gasteiger partial charge in [-0.15, -0.1) is 0 Å². The molecule has 27 heavy (non-hydrogen) atoms. The second-order valence-corrected chi connectivity index (χ2v) is 6.42. The van der Waals surface area contributed by atoms with E-state index in [4.69, 9.17) is 25.8 Å². The molecule has 2 rings (SSSR count). The normalized spacial score (nSPS) is 10.1. The van der Waals surface area contributed by atoms with Gasteiger partial charge in [0.25, 0.3) is 5.91 Å². The SMILES string of the molecule is COC(=O)c1ccc(OCC(=O)Nc2cc(OC)c(Cl)cc2OC)c(Br)c1. The van der Waals surface area contributed by atoms with Gasteiger partial charge in [-0.05, 0) is 34.1 Å². The first-order chi connectivity index (χ1) is 12.9. The summed E-state index contributed by atoms with van der Waals surface area (Å²) in [5.74, 6) is 0.302. The lowest BCUT2D eigenvalue weighted by atomic mass is 10.2. The largest absolute Gasteiger partial charge is 0.495 e. The highest BCUT2D eigenvalue weighted by Gasteiger charge is 2.14. The first-order valence-corrected chi connectivity index (χ1v) is 8.78. The molecule has 0 aliphatic rings. The van der Waals surface area contributed by atoms with Crippen LogP contribution in [0, 0.1) is 0 Å². The van der Waals surface area contributed by atoms with Gasteiger partial charge in [0.1, 0.15) is 17.2 Å². The molecule has 1 N–H and O–H groups in total. The molecule has 0 aliphatic heterocycles. The molecule has 0 spiro atoms. The fraction of sp³-hybridized carbons (Fsp3) is 0.222. The van der Waals surface area contributed by atoms with E-state index in [1.165, 1.54) is 27.4 Å². The minimum Gasteiger partial charge on any atom is -0.495 e. The molecule has 0 saturated heterocycles. The quantitative estimate of drug-likeness (QED) is 0.633. The zero-order valence-electron chi connectivity index (χ0n) is 14.8. The Labute approximate surface area is 169 Å². The van der Waals surface area contributed by atoms with E-state index in [1.807, 2.05) is 0 Å². The summed E-state index contributed by atoms with van der Waals surface area (Å²) in [5.41, 5.74) is 0.756. The molecular formula is C18H17BrClNO6. The Morgan fingerprint density at radius 1 is 1.04 bits per heavy atom. The van der Waals surface area contributed by atoms with Crippen LogP contribution in [0.25, 0.3) is 0 Å². The standard InChI is InChI=1S/C18H17BrClNO6/c1-24-15-8-13(16(25-2)7-12(15)20)21-17(22)9-27-14-5-4-10(6-11(14)19)18(23)26-3/h4-8H,9H2,1-3H3,(H,21,22). The Kier molecular flexibility index (Phi) is 7.32. The number of carbonyl (C=O) groups is 2. The molecule has 0 heterocycles. The van der Waals surface area contributed by atoms with Crippen molar-refractivity contribution in [1.82, 2.24) is 0 Å². The summed E-state index contributed by atoms with van der Waals surface area (Å²) in [6.45, 7) is -0.260. The van der Waals surface area contributed by atoms with Crippen LogP contribution in [0.3, 0.4) is 0 Å². The number of hydrogen-bond acceptors (Lipinski definition) is 6. The lowest BCUT2D eigenvalue weighted by molar-refractivity contribution is -0.118. The molecule has 0 fully saturated rings. The summed E-state index contributed by atoms with van der Waals surface area (Å²) < 4.78 is 21.0. The Balaban J connectivity index is 2.06. The minimum absolute atomic E-state index is 0.260. The summed E-state index contributed by atoms with van der Waals surface area (Å²) in [6.07, 6.45) is 0. The van der Waals surface area contributed by atoms with Crippen molar-refractivity contribution in [2.45, 2.75) is 0 Å². The minimum atomic E-state index is -0.469. The number of anilines is 1. The summed E-state index contributed by atoms with van der Waals surface area (Å²) in [7, 11) is 4.23. The molecule has 1 amide bonds. The number of hydrogen-bond donors (Lipinski definition) is 1. The third kappa shape index (κ3) is 5.27. The molecule has 9 heteroatoms. The molecule has 7 nitrogen and oxygen atoms in total. The summed E-state index contributed by atoms with van der Waals surface area (Å²) >= 11 is 9.34. The summed E-state index contributed by atoms with van der Waals surface area (Å²) in [4.78, 5) is 23.7. The van der Waals surface area contributed by atoms with Crippen LogP contribution in [0.2, 0.25) is 5.02 Å². The number of rotatable bonds is 7. The number of esters is 1. The van der Waals surface area contributed by atoms with Crippen LogP contribution in [0.5, 0.6) is 17.2 Å². The van der Waals surface area contributed by atoms with Crippen molar-refractivity contribution in [1.29, 1.82) is 0 Å². The van der Waals surface area contributed by atoms with Crippen LogP contribution >= 0.6 is 27.5 Å². The number of ether oxygens (including phenoxy) is 4. The van der Waals surface area contributed by atoms with Gasteiger partial charge in [-0.25, -0.2) is 4.79 Å². The topological polar surface area (TPSA) is 83.1 Å². The first kappa shape index (κ1) is 20.9. The van der Waals surface area contributed by atoms with Crippen molar-refractivity contribution < 1.29 is 28.5 Å². The molecule has 0 aliphatic carbocycles. The fourth-order valence-electron chi connectivity index (χ4n) is 2.15. The Hall–Kier alpha value is -2.45. The Morgan fingerprint density at radius 2 is 1.74 bits per heavy atom. The van der Waals surface area contributed by atoms with E-state index in [1.54, 1.807) is 24.3 Å². The Bertz CT molecular complexity index is 858. The number of amides is 1. The number of nitrogens with one attached hydrogen (secondary N) is 1. The summed E-state index contributed by atoms with van der Waals surface area (Å²) in [6, 6.07) is 7.75. The highest BCUT2D eigenvalue weighted by atomic mass is 79.9. The van der Waals surface area contributed by atoms with Crippen molar-refractivity contribution in [3.05, 3.63) is 45.4 Å². The van der Waals surface area contributed by atoms with Gasteiger partial charge in [-0.3, -0.25) is 4.79 Å². The Morgan fingerprint density at radius 3 is 2.33 bits per heavy atom. The molecular weight excluding hydrogens is 442 g/mol. The maximum atomic E-state index is 12.2. The van der Waals surface area contributed by atoms with Crippen molar-refractivity contribution >= 4 is 45.1 Å². The van der Waals surface area contributed by atoms with E-state index in [0.717, 1.165) is 0 Å². The second kappa shape index (κ2) is 9.48. The number of carbonyl (C=O) groups excluding carboxylic acids is 2. The maximum Gasteiger partial charge on any atom is 0.337 e. The second-order valence-electron chi connectivity index (χ2n) is 5.16. The van der Waals surface area contributed by atoms with Gasteiger partial charge in [0.2, 0.25) is 0 Å². The number of methoxy groups -OCH3 is 3. The monoisotopic (exact) mass is 457 g/mol. The van der Waals surface area contributed by atoms with Crippen molar-refractivity contribution in [2.24, 2.45) is 0 Å². The van der Waals surface area contributed by atoms with E-state index in [2.05, 4.69) is 26.0 Å². The molecule has 144 valence electrons. The van der Waals surface area contributed by atoms with E-state index in [-0.39, 0.29) is 6.61 Å². The van der Waals surface area contributed by atoms with Gasteiger partial charge >= 0.3 is 5.97 Å². The molecule has 0 radical (unpaired) electrons. The smallest absolute Gasteiger partial charge is 0.337 e. The molecule has 0 saturated carbocycles. The van der Waals surface area contributed by atoms with Crippen LogP contribution in [0.1, 0.15) is 10.4 Å². The van der Waals surface area contributed by atoms with E-state index >= 15 is 0 Å². The highest BCUT2D eigenvalue weighted by molar-refractivity contribution is 9.10. The molecule has 0 bridgehead atoms.